The van der Waals surface area contributed by atoms with Crippen molar-refractivity contribution in [3.8, 4) is 5.75 Å². The molecule has 0 bridgehead atoms. The fourth-order valence-electron chi connectivity index (χ4n) is 2.71. The van der Waals surface area contributed by atoms with Crippen LogP contribution in [0.1, 0.15) is 25.3 Å². The van der Waals surface area contributed by atoms with Crippen LogP contribution in [0.15, 0.2) is 24.3 Å². The fourth-order valence-corrected chi connectivity index (χ4v) is 2.88. The third kappa shape index (κ3) is 5.61. The number of piperidine rings is 1. The molecule has 1 aliphatic rings. The van der Waals surface area contributed by atoms with Crippen LogP contribution in [0.3, 0.4) is 0 Å². The quantitative estimate of drug-likeness (QED) is 0.784. The zero-order chi connectivity index (χ0) is 15.3. The molecule has 0 spiro atoms. The summed E-state index contributed by atoms with van der Waals surface area (Å²) in [6.45, 7) is 5.13. The number of benzene rings is 1. The number of hydrogen-bond acceptors (Lipinski definition) is 4. The standard InChI is InChI=1S/C16H24N2O2S/c1-16(19)7-2-8-18(12-16)9-10-20-14-5-3-13(4-6-14)11-15(17)21/h3-6,19H,2,7-12H2,1H3,(H2,17,21). The van der Waals surface area contributed by atoms with E-state index in [-0.39, 0.29) is 0 Å². The zero-order valence-electron chi connectivity index (χ0n) is 12.5. The molecule has 1 unspecified atom stereocenters. The molecule has 116 valence electrons. The molecule has 3 N–H and O–H groups in total. The van der Waals surface area contributed by atoms with E-state index in [2.05, 4.69) is 4.90 Å². The first-order valence-corrected chi connectivity index (χ1v) is 7.80. The van der Waals surface area contributed by atoms with Gasteiger partial charge >= 0.3 is 0 Å². The minimum absolute atomic E-state index is 0.501. The largest absolute Gasteiger partial charge is 0.492 e. The Morgan fingerprint density at radius 2 is 2.14 bits per heavy atom. The summed E-state index contributed by atoms with van der Waals surface area (Å²) in [4.78, 5) is 2.76. The fraction of sp³-hybridized carbons (Fsp3) is 0.562. The Labute approximate surface area is 131 Å². The van der Waals surface area contributed by atoms with E-state index >= 15 is 0 Å². The maximum atomic E-state index is 10.1. The lowest BCUT2D eigenvalue weighted by Crippen LogP contribution is -2.47. The van der Waals surface area contributed by atoms with E-state index in [4.69, 9.17) is 22.7 Å². The lowest BCUT2D eigenvalue weighted by atomic mass is 9.95. The summed E-state index contributed by atoms with van der Waals surface area (Å²) in [7, 11) is 0. The Morgan fingerprint density at radius 1 is 1.43 bits per heavy atom. The first-order chi connectivity index (χ1) is 9.94. The van der Waals surface area contributed by atoms with Crippen LogP contribution in [-0.4, -0.2) is 46.8 Å². The lowest BCUT2D eigenvalue weighted by Gasteiger charge is -2.36. The molecule has 1 fully saturated rings. The smallest absolute Gasteiger partial charge is 0.119 e. The highest BCUT2D eigenvalue weighted by Gasteiger charge is 2.27. The third-order valence-corrected chi connectivity index (χ3v) is 3.88. The van der Waals surface area contributed by atoms with Crippen LogP contribution in [0.25, 0.3) is 0 Å². The first-order valence-electron chi connectivity index (χ1n) is 7.39. The van der Waals surface area contributed by atoms with Gasteiger partial charge in [-0.2, -0.15) is 0 Å². The SMILES string of the molecule is CC1(O)CCCN(CCOc2ccc(CC(N)=S)cc2)C1. The number of rotatable bonds is 6. The van der Waals surface area contributed by atoms with Gasteiger partial charge in [-0.1, -0.05) is 24.4 Å². The number of likely N-dealkylation sites (tertiary alicyclic amines) is 1. The number of β-amino-alcohol motifs (C(OH)–C–C–N with tert-alkyl or cyclic N) is 1. The monoisotopic (exact) mass is 308 g/mol. The summed E-state index contributed by atoms with van der Waals surface area (Å²) >= 11 is 4.89. The van der Waals surface area contributed by atoms with Gasteiger partial charge in [-0.15, -0.1) is 0 Å². The molecule has 4 nitrogen and oxygen atoms in total. The Bertz CT molecular complexity index is 474. The summed E-state index contributed by atoms with van der Waals surface area (Å²) in [6.07, 6.45) is 2.55. The molecule has 0 aromatic heterocycles. The van der Waals surface area contributed by atoms with Crippen molar-refractivity contribution in [2.24, 2.45) is 5.73 Å². The second-order valence-electron chi connectivity index (χ2n) is 6.01. The molecule has 0 saturated carbocycles. The Morgan fingerprint density at radius 3 is 2.76 bits per heavy atom. The van der Waals surface area contributed by atoms with Gasteiger partial charge in [0.1, 0.15) is 12.4 Å². The predicted molar refractivity (Wildman–Crippen MR) is 88.7 cm³/mol. The molecule has 5 heteroatoms. The Hall–Kier alpha value is -1.17. The van der Waals surface area contributed by atoms with Gasteiger partial charge in [0.15, 0.2) is 0 Å². The van der Waals surface area contributed by atoms with Crippen LogP contribution in [0.4, 0.5) is 0 Å². The van der Waals surface area contributed by atoms with E-state index in [1.807, 2.05) is 31.2 Å². The van der Waals surface area contributed by atoms with Gasteiger partial charge in [-0.3, -0.25) is 4.90 Å². The van der Waals surface area contributed by atoms with Crippen LogP contribution in [0, 0.1) is 0 Å². The van der Waals surface area contributed by atoms with E-state index < -0.39 is 5.60 Å². The van der Waals surface area contributed by atoms with E-state index in [1.165, 1.54) is 0 Å². The zero-order valence-corrected chi connectivity index (χ0v) is 13.4. The summed E-state index contributed by atoms with van der Waals surface area (Å²) in [6, 6.07) is 7.86. The Balaban J connectivity index is 1.74. The molecule has 1 saturated heterocycles. The third-order valence-electron chi connectivity index (χ3n) is 3.73. The van der Waals surface area contributed by atoms with Crippen molar-refractivity contribution >= 4 is 17.2 Å². The number of nitrogens with two attached hydrogens (primary N) is 1. The molecule has 1 aromatic rings. The molecule has 1 aliphatic heterocycles. The number of nitrogens with zero attached hydrogens (tertiary/aromatic N) is 1. The van der Waals surface area contributed by atoms with Crippen molar-refractivity contribution in [1.82, 2.24) is 4.90 Å². The van der Waals surface area contributed by atoms with Gasteiger partial charge in [0, 0.05) is 19.5 Å². The molecular formula is C16H24N2O2S. The Kier molecular flexibility index (Phi) is 5.56. The summed E-state index contributed by atoms with van der Waals surface area (Å²) in [5, 5.41) is 10.1. The van der Waals surface area contributed by atoms with Crippen LogP contribution >= 0.6 is 12.2 Å². The highest BCUT2D eigenvalue weighted by Crippen LogP contribution is 2.20. The summed E-state index contributed by atoms with van der Waals surface area (Å²) in [5.41, 5.74) is 6.07. The van der Waals surface area contributed by atoms with Gasteiger partial charge in [0.2, 0.25) is 0 Å². The maximum absolute atomic E-state index is 10.1. The number of ether oxygens (including phenoxy) is 1. The van der Waals surface area contributed by atoms with Crippen molar-refractivity contribution in [1.29, 1.82) is 0 Å². The molecule has 0 aliphatic carbocycles. The van der Waals surface area contributed by atoms with Crippen molar-refractivity contribution in [2.45, 2.75) is 31.8 Å². The highest BCUT2D eigenvalue weighted by molar-refractivity contribution is 7.80. The second-order valence-corrected chi connectivity index (χ2v) is 6.54. The van der Waals surface area contributed by atoms with Gasteiger partial charge in [-0.25, -0.2) is 0 Å². The predicted octanol–water partition coefficient (Wildman–Crippen LogP) is 1.74. The van der Waals surface area contributed by atoms with Crippen molar-refractivity contribution in [3.05, 3.63) is 29.8 Å². The topological polar surface area (TPSA) is 58.7 Å². The van der Waals surface area contributed by atoms with E-state index in [0.29, 0.717) is 18.0 Å². The average Bonchev–Trinajstić information content (AvgIpc) is 2.39. The first kappa shape index (κ1) is 16.2. The van der Waals surface area contributed by atoms with E-state index in [0.717, 1.165) is 43.8 Å². The number of hydrogen-bond donors (Lipinski definition) is 2. The summed E-state index contributed by atoms with van der Waals surface area (Å²) < 4.78 is 5.75. The van der Waals surface area contributed by atoms with Crippen LogP contribution in [0.5, 0.6) is 5.75 Å². The van der Waals surface area contributed by atoms with Crippen LogP contribution in [0.2, 0.25) is 0 Å². The molecule has 0 radical (unpaired) electrons. The molecule has 2 rings (SSSR count). The minimum atomic E-state index is -0.555. The molecule has 1 heterocycles. The van der Waals surface area contributed by atoms with Crippen molar-refractivity contribution in [2.75, 3.05) is 26.2 Å². The normalized spacial score (nSPS) is 23.0. The van der Waals surface area contributed by atoms with Gasteiger partial charge in [0.25, 0.3) is 0 Å². The number of thiocarbonyl (C=S) groups is 1. The van der Waals surface area contributed by atoms with Crippen molar-refractivity contribution < 1.29 is 9.84 Å². The molecular weight excluding hydrogens is 284 g/mol. The lowest BCUT2D eigenvalue weighted by molar-refractivity contribution is -0.0183. The summed E-state index contributed by atoms with van der Waals surface area (Å²) in [5.74, 6) is 0.852. The molecule has 21 heavy (non-hydrogen) atoms. The van der Waals surface area contributed by atoms with Crippen molar-refractivity contribution in [3.63, 3.8) is 0 Å². The molecule has 1 aromatic carbocycles. The van der Waals surface area contributed by atoms with E-state index in [9.17, 15) is 5.11 Å². The maximum Gasteiger partial charge on any atom is 0.119 e. The van der Waals surface area contributed by atoms with Gasteiger partial charge in [0.05, 0.1) is 10.6 Å². The van der Waals surface area contributed by atoms with Gasteiger partial charge in [-0.05, 0) is 44.0 Å². The van der Waals surface area contributed by atoms with Crippen LogP contribution in [-0.2, 0) is 6.42 Å². The minimum Gasteiger partial charge on any atom is -0.492 e. The van der Waals surface area contributed by atoms with E-state index in [1.54, 1.807) is 0 Å². The number of aliphatic hydroxyl groups is 1. The highest BCUT2D eigenvalue weighted by atomic mass is 32.1. The van der Waals surface area contributed by atoms with Gasteiger partial charge < -0.3 is 15.6 Å². The average molecular weight is 308 g/mol. The second kappa shape index (κ2) is 7.20. The molecule has 1 atom stereocenters. The van der Waals surface area contributed by atoms with Crippen LogP contribution < -0.4 is 10.5 Å². The molecule has 0 amide bonds.